The molecule has 4 nitrogen and oxygen atoms in total. The van der Waals surface area contributed by atoms with Crippen LogP contribution in [0.25, 0.3) is 0 Å². The smallest absolute Gasteiger partial charge is 0.309 e. The van der Waals surface area contributed by atoms with E-state index in [1.165, 1.54) is 24.3 Å². The highest BCUT2D eigenvalue weighted by Crippen LogP contribution is 2.16. The lowest BCUT2D eigenvalue weighted by Crippen LogP contribution is -2.51. The predicted molar refractivity (Wildman–Crippen MR) is 58.3 cm³/mol. The normalized spacial score (nSPS) is 16.5. The standard InChI is InChI=1S/C12H12FNO3/c13-10-3-1-8(2-4-10)11(15)7-14-5-9(6-14)12(16)17/h1-4,9H,5-7H2,(H,16,17). The first-order valence-corrected chi connectivity index (χ1v) is 5.30. The van der Waals surface area contributed by atoms with Crippen LogP contribution in [-0.2, 0) is 4.79 Å². The molecule has 0 atom stereocenters. The van der Waals surface area contributed by atoms with Gasteiger partial charge in [0.05, 0.1) is 12.5 Å². The molecule has 2 rings (SSSR count). The molecule has 1 aromatic rings. The maximum atomic E-state index is 12.6. The highest BCUT2D eigenvalue weighted by Gasteiger charge is 2.33. The van der Waals surface area contributed by atoms with E-state index in [-0.39, 0.29) is 24.1 Å². The fourth-order valence-electron chi connectivity index (χ4n) is 1.79. The first-order valence-electron chi connectivity index (χ1n) is 5.30. The molecule has 1 aromatic carbocycles. The van der Waals surface area contributed by atoms with Crippen molar-refractivity contribution in [2.75, 3.05) is 19.6 Å². The van der Waals surface area contributed by atoms with Gasteiger partial charge in [-0.25, -0.2) is 4.39 Å². The van der Waals surface area contributed by atoms with E-state index in [1.54, 1.807) is 4.90 Å². The number of halogens is 1. The maximum absolute atomic E-state index is 12.6. The van der Waals surface area contributed by atoms with Crippen LogP contribution < -0.4 is 0 Å². The van der Waals surface area contributed by atoms with E-state index in [0.717, 1.165) is 0 Å². The van der Waals surface area contributed by atoms with Crippen LogP contribution in [0.15, 0.2) is 24.3 Å². The summed E-state index contributed by atoms with van der Waals surface area (Å²) in [5.74, 6) is -1.68. The van der Waals surface area contributed by atoms with Crippen LogP contribution in [0.4, 0.5) is 4.39 Å². The number of carboxylic acid groups (broad SMARTS) is 1. The molecule has 1 heterocycles. The Morgan fingerprint density at radius 3 is 2.41 bits per heavy atom. The van der Waals surface area contributed by atoms with Crippen LogP contribution in [0, 0.1) is 11.7 Å². The summed E-state index contributed by atoms with van der Waals surface area (Å²) in [5.41, 5.74) is 0.449. The zero-order valence-corrected chi connectivity index (χ0v) is 9.10. The number of nitrogens with zero attached hydrogens (tertiary/aromatic N) is 1. The minimum Gasteiger partial charge on any atom is -0.481 e. The number of rotatable bonds is 4. The van der Waals surface area contributed by atoms with Crippen molar-refractivity contribution in [3.63, 3.8) is 0 Å². The van der Waals surface area contributed by atoms with Crippen LogP contribution in [0.1, 0.15) is 10.4 Å². The minimum absolute atomic E-state index is 0.117. The third-order valence-corrected chi connectivity index (χ3v) is 2.84. The van der Waals surface area contributed by atoms with Crippen molar-refractivity contribution < 1.29 is 19.1 Å². The van der Waals surface area contributed by atoms with Crippen LogP contribution >= 0.6 is 0 Å². The lowest BCUT2D eigenvalue weighted by atomic mass is 9.99. The first kappa shape index (κ1) is 11.7. The average molecular weight is 237 g/mol. The van der Waals surface area contributed by atoms with Crippen LogP contribution in [0.2, 0.25) is 0 Å². The van der Waals surface area contributed by atoms with Gasteiger partial charge in [0.25, 0.3) is 0 Å². The second-order valence-corrected chi connectivity index (χ2v) is 4.16. The second-order valence-electron chi connectivity index (χ2n) is 4.16. The molecular formula is C12H12FNO3. The Bertz CT molecular complexity index is 438. The molecule has 0 amide bonds. The van der Waals surface area contributed by atoms with Crippen molar-refractivity contribution in [2.45, 2.75) is 0 Å². The number of ketones is 1. The Morgan fingerprint density at radius 2 is 1.88 bits per heavy atom. The van der Waals surface area contributed by atoms with Crippen molar-refractivity contribution >= 4 is 11.8 Å². The number of aliphatic carboxylic acids is 1. The van der Waals surface area contributed by atoms with Gasteiger partial charge in [-0.1, -0.05) is 0 Å². The summed E-state index contributed by atoms with van der Waals surface area (Å²) < 4.78 is 12.6. The Morgan fingerprint density at radius 1 is 1.29 bits per heavy atom. The van der Waals surface area contributed by atoms with Crippen molar-refractivity contribution in [2.24, 2.45) is 5.92 Å². The van der Waals surface area contributed by atoms with Crippen LogP contribution in [-0.4, -0.2) is 41.4 Å². The van der Waals surface area contributed by atoms with E-state index < -0.39 is 5.97 Å². The number of carbonyl (C=O) groups is 2. The van der Waals surface area contributed by atoms with E-state index in [1.807, 2.05) is 0 Å². The molecule has 1 fully saturated rings. The Labute approximate surface area is 97.7 Å². The van der Waals surface area contributed by atoms with E-state index >= 15 is 0 Å². The van der Waals surface area contributed by atoms with Gasteiger partial charge in [-0.3, -0.25) is 14.5 Å². The number of hydrogen-bond donors (Lipinski definition) is 1. The fourth-order valence-corrected chi connectivity index (χ4v) is 1.79. The highest BCUT2D eigenvalue weighted by molar-refractivity contribution is 5.97. The van der Waals surface area contributed by atoms with Gasteiger partial charge in [0.1, 0.15) is 5.82 Å². The molecule has 0 saturated carbocycles. The molecule has 90 valence electrons. The molecule has 1 N–H and O–H groups in total. The summed E-state index contributed by atoms with van der Waals surface area (Å²) in [5, 5.41) is 8.68. The Kier molecular flexibility index (Phi) is 3.19. The van der Waals surface area contributed by atoms with E-state index in [9.17, 15) is 14.0 Å². The number of carbonyl (C=O) groups excluding carboxylic acids is 1. The van der Waals surface area contributed by atoms with Gasteiger partial charge in [0.15, 0.2) is 5.78 Å². The third-order valence-electron chi connectivity index (χ3n) is 2.84. The summed E-state index contributed by atoms with van der Waals surface area (Å²) in [7, 11) is 0. The quantitative estimate of drug-likeness (QED) is 0.794. The van der Waals surface area contributed by atoms with Crippen LogP contribution in [0.3, 0.4) is 0 Å². The minimum atomic E-state index is -0.824. The number of hydrogen-bond acceptors (Lipinski definition) is 3. The number of benzene rings is 1. The average Bonchev–Trinajstić information content (AvgIpc) is 2.23. The molecule has 17 heavy (non-hydrogen) atoms. The lowest BCUT2D eigenvalue weighted by molar-refractivity contribution is -0.147. The monoisotopic (exact) mass is 237 g/mol. The van der Waals surface area contributed by atoms with Crippen molar-refractivity contribution in [1.29, 1.82) is 0 Å². The van der Waals surface area contributed by atoms with Gasteiger partial charge in [-0.15, -0.1) is 0 Å². The number of Topliss-reactive ketones (excluding diaryl/α,β-unsaturated/α-hetero) is 1. The SMILES string of the molecule is O=C(CN1CC(C(=O)O)C1)c1ccc(F)cc1. The molecule has 5 heteroatoms. The van der Waals surface area contributed by atoms with Gasteiger partial charge in [-0.05, 0) is 24.3 Å². The molecule has 1 aliphatic heterocycles. The number of likely N-dealkylation sites (tertiary alicyclic amines) is 1. The summed E-state index contributed by atoms with van der Waals surface area (Å²) in [6.45, 7) is 1.000. The highest BCUT2D eigenvalue weighted by atomic mass is 19.1. The lowest BCUT2D eigenvalue weighted by Gasteiger charge is -2.35. The molecule has 0 radical (unpaired) electrons. The van der Waals surface area contributed by atoms with Gasteiger partial charge in [-0.2, -0.15) is 0 Å². The van der Waals surface area contributed by atoms with E-state index in [2.05, 4.69) is 0 Å². The summed E-state index contributed by atoms with van der Waals surface area (Å²) in [6.07, 6.45) is 0. The summed E-state index contributed by atoms with van der Waals surface area (Å²) in [4.78, 5) is 24.1. The van der Waals surface area contributed by atoms with E-state index in [0.29, 0.717) is 18.7 Å². The largest absolute Gasteiger partial charge is 0.481 e. The Balaban J connectivity index is 1.87. The topological polar surface area (TPSA) is 57.6 Å². The van der Waals surface area contributed by atoms with Crippen molar-refractivity contribution in [3.05, 3.63) is 35.6 Å². The second kappa shape index (κ2) is 4.63. The van der Waals surface area contributed by atoms with Crippen LogP contribution in [0.5, 0.6) is 0 Å². The fraction of sp³-hybridized carbons (Fsp3) is 0.333. The first-order chi connectivity index (χ1) is 8.06. The molecule has 0 aromatic heterocycles. The van der Waals surface area contributed by atoms with Gasteiger partial charge in [0, 0.05) is 18.7 Å². The van der Waals surface area contributed by atoms with Gasteiger partial charge in [0.2, 0.25) is 0 Å². The van der Waals surface area contributed by atoms with E-state index in [4.69, 9.17) is 5.11 Å². The maximum Gasteiger partial charge on any atom is 0.309 e. The molecule has 1 aliphatic rings. The molecule has 0 aliphatic carbocycles. The van der Waals surface area contributed by atoms with Gasteiger partial charge < -0.3 is 5.11 Å². The third kappa shape index (κ3) is 2.68. The zero-order valence-electron chi connectivity index (χ0n) is 9.10. The molecule has 1 saturated heterocycles. The molecule has 0 spiro atoms. The predicted octanol–water partition coefficient (Wildman–Crippen LogP) is 1.02. The molecule has 0 bridgehead atoms. The summed E-state index contributed by atoms with van der Waals surface area (Å²) >= 11 is 0. The van der Waals surface area contributed by atoms with Crippen molar-refractivity contribution in [3.8, 4) is 0 Å². The zero-order chi connectivity index (χ0) is 12.4. The number of carboxylic acids is 1. The summed E-state index contributed by atoms with van der Waals surface area (Å²) in [6, 6.07) is 5.35. The van der Waals surface area contributed by atoms with Crippen molar-refractivity contribution in [1.82, 2.24) is 4.90 Å². The molecular weight excluding hydrogens is 225 g/mol. The molecule has 0 unspecified atom stereocenters. The van der Waals surface area contributed by atoms with Gasteiger partial charge >= 0.3 is 5.97 Å². The Hall–Kier alpha value is -1.75.